The predicted molar refractivity (Wildman–Crippen MR) is 69.3 cm³/mol. The molecule has 5 N–H and O–H groups in total. The lowest BCUT2D eigenvalue weighted by Gasteiger charge is -2.27. The molecule has 0 spiro atoms. The van der Waals surface area contributed by atoms with Crippen LogP contribution in [0, 0.1) is 11.6 Å². The van der Waals surface area contributed by atoms with Crippen LogP contribution in [0.1, 0.15) is 19.4 Å². The summed E-state index contributed by atoms with van der Waals surface area (Å²) in [6.45, 7) is 5.30. The summed E-state index contributed by atoms with van der Waals surface area (Å²) in [5, 5.41) is 3.15. The molecule has 0 aliphatic rings. The quantitative estimate of drug-likeness (QED) is 0.715. The van der Waals surface area contributed by atoms with Crippen molar-refractivity contribution in [2.24, 2.45) is 11.5 Å². The fraction of sp³-hybridized carbons (Fsp3) is 0.538. The van der Waals surface area contributed by atoms with Crippen LogP contribution in [0.5, 0.6) is 0 Å². The first-order valence-electron chi connectivity index (χ1n) is 5.98. The van der Waals surface area contributed by atoms with Gasteiger partial charge in [-0.05, 0) is 11.6 Å². The van der Waals surface area contributed by atoms with Gasteiger partial charge < -0.3 is 16.8 Å². The van der Waals surface area contributed by atoms with Crippen molar-refractivity contribution in [2.45, 2.75) is 25.3 Å². The lowest BCUT2D eigenvalue weighted by Crippen LogP contribution is -2.43. The SMILES string of the molecule is CC(C)(CNCC(N)CN)c1ccc(F)cc1F. The summed E-state index contributed by atoms with van der Waals surface area (Å²) in [5.74, 6) is -1.09. The second-order valence-electron chi connectivity index (χ2n) is 5.13. The molecule has 102 valence electrons. The molecule has 0 saturated heterocycles. The van der Waals surface area contributed by atoms with Crippen molar-refractivity contribution in [3.63, 3.8) is 0 Å². The first-order chi connectivity index (χ1) is 8.36. The fourth-order valence-corrected chi connectivity index (χ4v) is 1.79. The average Bonchev–Trinajstić information content (AvgIpc) is 2.27. The third-order valence-corrected chi connectivity index (χ3v) is 2.94. The van der Waals surface area contributed by atoms with E-state index in [1.807, 2.05) is 13.8 Å². The third-order valence-electron chi connectivity index (χ3n) is 2.94. The lowest BCUT2D eigenvalue weighted by atomic mass is 9.84. The molecule has 0 bridgehead atoms. The summed E-state index contributed by atoms with van der Waals surface area (Å²) >= 11 is 0. The van der Waals surface area contributed by atoms with E-state index in [9.17, 15) is 8.78 Å². The zero-order valence-corrected chi connectivity index (χ0v) is 10.8. The molecule has 0 heterocycles. The zero-order valence-electron chi connectivity index (χ0n) is 10.8. The molecular formula is C13H21F2N3. The highest BCUT2D eigenvalue weighted by atomic mass is 19.1. The van der Waals surface area contributed by atoms with Crippen molar-refractivity contribution in [3.8, 4) is 0 Å². The number of nitrogens with two attached hydrogens (primary N) is 2. The maximum absolute atomic E-state index is 13.7. The van der Waals surface area contributed by atoms with Crippen molar-refractivity contribution in [1.29, 1.82) is 0 Å². The molecule has 0 aliphatic carbocycles. The van der Waals surface area contributed by atoms with Crippen molar-refractivity contribution in [3.05, 3.63) is 35.4 Å². The minimum atomic E-state index is -0.565. The van der Waals surface area contributed by atoms with E-state index in [0.29, 0.717) is 25.2 Å². The van der Waals surface area contributed by atoms with Crippen LogP contribution in [0.3, 0.4) is 0 Å². The molecule has 1 rings (SSSR count). The van der Waals surface area contributed by atoms with E-state index in [0.717, 1.165) is 6.07 Å². The summed E-state index contributed by atoms with van der Waals surface area (Å²) in [7, 11) is 0. The van der Waals surface area contributed by atoms with Crippen LogP contribution < -0.4 is 16.8 Å². The van der Waals surface area contributed by atoms with E-state index in [4.69, 9.17) is 11.5 Å². The standard InChI is InChI=1S/C13H21F2N3/c1-13(2,8-18-7-10(17)6-16)11-4-3-9(14)5-12(11)15/h3-5,10,18H,6-8,16-17H2,1-2H3. The fourth-order valence-electron chi connectivity index (χ4n) is 1.79. The molecule has 0 radical (unpaired) electrons. The molecule has 3 nitrogen and oxygen atoms in total. The van der Waals surface area contributed by atoms with Crippen LogP contribution in [0.2, 0.25) is 0 Å². The van der Waals surface area contributed by atoms with Crippen LogP contribution in [0.25, 0.3) is 0 Å². The first-order valence-corrected chi connectivity index (χ1v) is 5.98. The Hall–Kier alpha value is -1.04. The monoisotopic (exact) mass is 257 g/mol. The van der Waals surface area contributed by atoms with E-state index in [-0.39, 0.29) is 6.04 Å². The zero-order chi connectivity index (χ0) is 13.8. The van der Waals surface area contributed by atoms with Gasteiger partial charge in [0.25, 0.3) is 0 Å². The van der Waals surface area contributed by atoms with Crippen molar-refractivity contribution >= 4 is 0 Å². The minimum Gasteiger partial charge on any atom is -0.329 e. The summed E-state index contributed by atoms with van der Waals surface area (Å²) in [5.41, 5.74) is 11.1. The number of hydrogen-bond acceptors (Lipinski definition) is 3. The Balaban J connectivity index is 2.67. The Morgan fingerprint density at radius 1 is 1.33 bits per heavy atom. The van der Waals surface area contributed by atoms with Gasteiger partial charge in [0.15, 0.2) is 0 Å². The molecule has 18 heavy (non-hydrogen) atoms. The van der Waals surface area contributed by atoms with Gasteiger partial charge in [0, 0.05) is 37.2 Å². The Bertz CT molecular complexity index is 394. The normalized spacial score (nSPS) is 13.7. The van der Waals surface area contributed by atoms with Gasteiger partial charge in [-0.15, -0.1) is 0 Å². The highest BCUT2D eigenvalue weighted by molar-refractivity contribution is 5.26. The van der Waals surface area contributed by atoms with Gasteiger partial charge in [-0.2, -0.15) is 0 Å². The van der Waals surface area contributed by atoms with Crippen LogP contribution in [0.15, 0.2) is 18.2 Å². The van der Waals surface area contributed by atoms with E-state index in [1.54, 1.807) is 0 Å². The van der Waals surface area contributed by atoms with E-state index < -0.39 is 17.0 Å². The lowest BCUT2D eigenvalue weighted by molar-refractivity contribution is 0.432. The predicted octanol–water partition coefficient (Wildman–Crippen LogP) is 1.12. The van der Waals surface area contributed by atoms with Crippen LogP contribution in [0.4, 0.5) is 8.78 Å². The van der Waals surface area contributed by atoms with Crippen LogP contribution in [-0.2, 0) is 5.41 Å². The molecule has 1 aromatic carbocycles. The smallest absolute Gasteiger partial charge is 0.129 e. The molecule has 0 aliphatic heterocycles. The van der Waals surface area contributed by atoms with Gasteiger partial charge in [-0.25, -0.2) is 8.78 Å². The Kier molecular flexibility index (Phi) is 5.19. The highest BCUT2D eigenvalue weighted by Crippen LogP contribution is 2.25. The number of halogens is 2. The largest absolute Gasteiger partial charge is 0.329 e. The van der Waals surface area contributed by atoms with Gasteiger partial charge in [0.2, 0.25) is 0 Å². The maximum atomic E-state index is 13.7. The summed E-state index contributed by atoms with van der Waals surface area (Å²) in [4.78, 5) is 0. The molecule has 0 saturated carbocycles. The van der Waals surface area contributed by atoms with Gasteiger partial charge >= 0.3 is 0 Å². The van der Waals surface area contributed by atoms with Gasteiger partial charge in [0.05, 0.1) is 0 Å². The average molecular weight is 257 g/mol. The summed E-state index contributed by atoms with van der Waals surface area (Å²) in [6.07, 6.45) is 0. The minimum absolute atomic E-state index is 0.112. The second kappa shape index (κ2) is 6.22. The van der Waals surface area contributed by atoms with Crippen molar-refractivity contribution in [1.82, 2.24) is 5.32 Å². The van der Waals surface area contributed by atoms with Gasteiger partial charge in [0.1, 0.15) is 11.6 Å². The number of nitrogens with one attached hydrogen (secondary N) is 1. The second-order valence-corrected chi connectivity index (χ2v) is 5.13. The van der Waals surface area contributed by atoms with E-state index in [1.165, 1.54) is 12.1 Å². The topological polar surface area (TPSA) is 64.1 Å². The Labute approximate surface area is 107 Å². The first kappa shape index (κ1) is 15.0. The number of hydrogen-bond donors (Lipinski definition) is 3. The molecular weight excluding hydrogens is 236 g/mol. The van der Waals surface area contributed by atoms with Crippen LogP contribution >= 0.6 is 0 Å². The molecule has 0 aromatic heterocycles. The Morgan fingerprint density at radius 3 is 2.56 bits per heavy atom. The van der Waals surface area contributed by atoms with Crippen molar-refractivity contribution in [2.75, 3.05) is 19.6 Å². The van der Waals surface area contributed by atoms with Crippen molar-refractivity contribution < 1.29 is 8.78 Å². The molecule has 1 unspecified atom stereocenters. The number of benzene rings is 1. The van der Waals surface area contributed by atoms with E-state index in [2.05, 4.69) is 5.32 Å². The molecule has 0 fully saturated rings. The highest BCUT2D eigenvalue weighted by Gasteiger charge is 2.24. The van der Waals surface area contributed by atoms with Crippen LogP contribution in [-0.4, -0.2) is 25.7 Å². The number of rotatable bonds is 6. The molecule has 0 amide bonds. The third kappa shape index (κ3) is 4.01. The van der Waals surface area contributed by atoms with E-state index >= 15 is 0 Å². The van der Waals surface area contributed by atoms with Gasteiger partial charge in [-0.1, -0.05) is 19.9 Å². The maximum Gasteiger partial charge on any atom is 0.129 e. The Morgan fingerprint density at radius 2 is 2.00 bits per heavy atom. The molecule has 1 atom stereocenters. The molecule has 5 heteroatoms. The van der Waals surface area contributed by atoms with Gasteiger partial charge in [-0.3, -0.25) is 0 Å². The summed E-state index contributed by atoms with van der Waals surface area (Å²) < 4.78 is 26.5. The molecule has 1 aromatic rings. The summed E-state index contributed by atoms with van der Waals surface area (Å²) in [6, 6.07) is 3.54.